The Kier molecular flexibility index (Phi) is 6.96. The van der Waals surface area contributed by atoms with Gasteiger partial charge in [0, 0.05) is 23.6 Å². The fourth-order valence-electron chi connectivity index (χ4n) is 3.29. The van der Waals surface area contributed by atoms with Crippen LogP contribution in [0.25, 0.3) is 0 Å². The molecule has 166 valence electrons. The highest BCUT2D eigenvalue weighted by molar-refractivity contribution is 7.98. The zero-order valence-electron chi connectivity index (χ0n) is 17.7. The van der Waals surface area contributed by atoms with Crippen LogP contribution < -0.4 is 20.1 Å². The monoisotopic (exact) mass is 452 g/mol. The molecule has 8 nitrogen and oxygen atoms in total. The van der Waals surface area contributed by atoms with Crippen LogP contribution in [-0.2, 0) is 34.2 Å². The summed E-state index contributed by atoms with van der Waals surface area (Å²) in [5.74, 6) is 2.97. The van der Waals surface area contributed by atoms with Crippen LogP contribution in [0, 0.1) is 0 Å². The Morgan fingerprint density at radius 2 is 1.81 bits per heavy atom. The van der Waals surface area contributed by atoms with E-state index in [9.17, 15) is 9.59 Å². The lowest BCUT2D eigenvalue weighted by molar-refractivity contribution is -0.122. The van der Waals surface area contributed by atoms with Gasteiger partial charge in [0.05, 0.1) is 12.8 Å². The summed E-state index contributed by atoms with van der Waals surface area (Å²) in [5.41, 5.74) is 2.83. The number of thioether (sulfide) groups is 1. The summed E-state index contributed by atoms with van der Waals surface area (Å²) in [5, 5.41) is 10.3. The quantitative estimate of drug-likeness (QED) is 0.518. The number of para-hydroxylation sites is 1. The van der Waals surface area contributed by atoms with Crippen molar-refractivity contribution in [2.24, 2.45) is 0 Å². The number of carbonyl (C=O) groups is 2. The second kappa shape index (κ2) is 10.2. The Labute approximate surface area is 190 Å². The number of rotatable bonds is 9. The van der Waals surface area contributed by atoms with Crippen LogP contribution in [0.15, 0.2) is 54.6 Å². The summed E-state index contributed by atoms with van der Waals surface area (Å²) in [4.78, 5) is 25.0. The van der Waals surface area contributed by atoms with E-state index < -0.39 is 0 Å². The molecule has 9 heteroatoms. The molecule has 1 aliphatic rings. The van der Waals surface area contributed by atoms with Gasteiger partial charge < -0.3 is 20.1 Å². The van der Waals surface area contributed by atoms with E-state index >= 15 is 0 Å². The maximum atomic E-state index is 12.5. The Balaban J connectivity index is 1.37. The number of ether oxygens (including phenoxy) is 2. The molecule has 3 aromatic rings. The van der Waals surface area contributed by atoms with E-state index in [-0.39, 0.29) is 25.0 Å². The number of methoxy groups -OCH3 is 1. The third kappa shape index (κ3) is 5.42. The van der Waals surface area contributed by atoms with Crippen LogP contribution in [0.2, 0.25) is 0 Å². The van der Waals surface area contributed by atoms with Gasteiger partial charge in [-0.1, -0.05) is 30.3 Å². The third-order valence-corrected chi connectivity index (χ3v) is 5.90. The summed E-state index contributed by atoms with van der Waals surface area (Å²) in [7, 11) is 1.61. The number of nitrogens with one attached hydrogen (secondary N) is 2. The van der Waals surface area contributed by atoms with Crippen molar-refractivity contribution in [1.82, 2.24) is 15.1 Å². The number of hydrogen-bond acceptors (Lipinski definition) is 6. The van der Waals surface area contributed by atoms with Gasteiger partial charge in [0.15, 0.2) is 6.61 Å². The average molecular weight is 453 g/mol. The first-order chi connectivity index (χ1) is 15.6. The highest BCUT2D eigenvalue weighted by Crippen LogP contribution is 2.34. The minimum absolute atomic E-state index is 0.0168. The van der Waals surface area contributed by atoms with Crippen molar-refractivity contribution in [3.8, 4) is 11.5 Å². The summed E-state index contributed by atoms with van der Waals surface area (Å²) in [6.07, 6.45) is 0. The topological polar surface area (TPSA) is 94.5 Å². The van der Waals surface area contributed by atoms with Gasteiger partial charge in [0.25, 0.3) is 5.91 Å². The lowest BCUT2D eigenvalue weighted by Gasteiger charge is -2.12. The van der Waals surface area contributed by atoms with Gasteiger partial charge >= 0.3 is 0 Å². The van der Waals surface area contributed by atoms with Gasteiger partial charge in [-0.2, -0.15) is 16.9 Å². The number of anilines is 1. The van der Waals surface area contributed by atoms with Gasteiger partial charge in [0.1, 0.15) is 23.9 Å². The van der Waals surface area contributed by atoms with E-state index in [2.05, 4.69) is 15.7 Å². The van der Waals surface area contributed by atoms with E-state index in [4.69, 9.17) is 9.47 Å². The van der Waals surface area contributed by atoms with Crippen molar-refractivity contribution in [1.29, 1.82) is 0 Å². The first-order valence-corrected chi connectivity index (χ1v) is 11.3. The molecule has 0 unspecified atom stereocenters. The lowest BCUT2D eigenvalue weighted by atomic mass is 10.2. The Bertz CT molecular complexity index is 1080. The minimum atomic E-state index is -0.298. The molecule has 0 fully saturated rings. The zero-order chi connectivity index (χ0) is 22.3. The van der Waals surface area contributed by atoms with Crippen LogP contribution in [-0.4, -0.2) is 35.3 Å². The molecule has 2 amide bonds. The van der Waals surface area contributed by atoms with Crippen LogP contribution in [0.1, 0.15) is 16.8 Å². The van der Waals surface area contributed by atoms with Crippen molar-refractivity contribution in [2.75, 3.05) is 19.0 Å². The molecule has 2 N–H and O–H groups in total. The average Bonchev–Trinajstić information content (AvgIpc) is 3.40. The molecule has 0 bridgehead atoms. The maximum absolute atomic E-state index is 12.5. The SMILES string of the molecule is COc1ccc(CNC(=O)Cn2nc3c(c2NC(=O)COc2ccccc2)CSC3)cc1. The van der Waals surface area contributed by atoms with Crippen molar-refractivity contribution < 1.29 is 19.1 Å². The van der Waals surface area contributed by atoms with Gasteiger partial charge in [-0.15, -0.1) is 0 Å². The molecule has 0 saturated heterocycles. The molecule has 0 spiro atoms. The molecule has 0 aliphatic carbocycles. The van der Waals surface area contributed by atoms with Crippen molar-refractivity contribution in [3.63, 3.8) is 0 Å². The highest BCUT2D eigenvalue weighted by Gasteiger charge is 2.25. The van der Waals surface area contributed by atoms with Gasteiger partial charge in [-0.05, 0) is 29.8 Å². The van der Waals surface area contributed by atoms with E-state index in [1.165, 1.54) is 0 Å². The number of amides is 2. The third-order valence-electron chi connectivity index (χ3n) is 4.93. The number of benzene rings is 2. The Morgan fingerprint density at radius 1 is 1.03 bits per heavy atom. The Hall–Kier alpha value is -3.46. The standard InChI is InChI=1S/C23H24N4O4S/c1-30-17-9-7-16(8-10-17)11-24-21(28)12-27-23(19-14-32-15-20(19)26-27)25-22(29)13-31-18-5-3-2-4-6-18/h2-10H,11-15H2,1H3,(H,24,28)(H,25,29). The van der Waals surface area contributed by atoms with E-state index in [1.807, 2.05) is 42.5 Å². The van der Waals surface area contributed by atoms with Crippen molar-refractivity contribution >= 4 is 29.4 Å². The summed E-state index contributed by atoms with van der Waals surface area (Å²) < 4.78 is 12.2. The fraction of sp³-hybridized carbons (Fsp3) is 0.261. The predicted octanol–water partition coefficient (Wildman–Crippen LogP) is 2.97. The van der Waals surface area contributed by atoms with E-state index in [0.717, 1.165) is 34.1 Å². The molecule has 2 heterocycles. The normalized spacial score (nSPS) is 12.2. The van der Waals surface area contributed by atoms with Crippen molar-refractivity contribution in [3.05, 3.63) is 71.4 Å². The van der Waals surface area contributed by atoms with Crippen molar-refractivity contribution in [2.45, 2.75) is 24.6 Å². The zero-order valence-corrected chi connectivity index (χ0v) is 18.5. The largest absolute Gasteiger partial charge is 0.497 e. The van der Waals surface area contributed by atoms with E-state index in [1.54, 1.807) is 35.7 Å². The molecule has 32 heavy (non-hydrogen) atoms. The number of aromatic nitrogens is 2. The second-order valence-electron chi connectivity index (χ2n) is 7.20. The van der Waals surface area contributed by atoms with Gasteiger partial charge in [-0.25, -0.2) is 4.68 Å². The molecule has 0 radical (unpaired) electrons. The van der Waals surface area contributed by atoms with Crippen LogP contribution >= 0.6 is 11.8 Å². The molecule has 0 atom stereocenters. The summed E-state index contributed by atoms with van der Waals surface area (Å²) >= 11 is 1.73. The number of fused-ring (bicyclic) bond motifs is 1. The second-order valence-corrected chi connectivity index (χ2v) is 8.18. The maximum Gasteiger partial charge on any atom is 0.263 e. The number of hydrogen-bond donors (Lipinski definition) is 2. The summed E-state index contributed by atoms with van der Waals surface area (Å²) in [6, 6.07) is 16.7. The highest BCUT2D eigenvalue weighted by atomic mass is 32.2. The molecule has 2 aromatic carbocycles. The molecular formula is C23H24N4O4S. The molecule has 0 saturated carbocycles. The smallest absolute Gasteiger partial charge is 0.263 e. The Morgan fingerprint density at radius 3 is 2.56 bits per heavy atom. The minimum Gasteiger partial charge on any atom is -0.497 e. The van der Waals surface area contributed by atoms with Gasteiger partial charge in [-0.3, -0.25) is 9.59 Å². The molecule has 4 rings (SSSR count). The molecule has 1 aliphatic heterocycles. The fourth-order valence-corrected chi connectivity index (χ4v) is 4.32. The van der Waals surface area contributed by atoms with Crippen LogP contribution in [0.3, 0.4) is 0 Å². The molecular weight excluding hydrogens is 428 g/mol. The predicted molar refractivity (Wildman–Crippen MR) is 123 cm³/mol. The summed E-state index contributed by atoms with van der Waals surface area (Å²) in [6.45, 7) is 0.288. The van der Waals surface area contributed by atoms with E-state index in [0.29, 0.717) is 18.1 Å². The lowest BCUT2D eigenvalue weighted by Crippen LogP contribution is -2.29. The van der Waals surface area contributed by atoms with Gasteiger partial charge in [0.2, 0.25) is 5.91 Å². The van der Waals surface area contributed by atoms with Crippen LogP contribution in [0.5, 0.6) is 11.5 Å². The first kappa shape index (κ1) is 21.8. The first-order valence-electron chi connectivity index (χ1n) is 10.2. The number of nitrogens with zero attached hydrogens (tertiary/aromatic N) is 2. The van der Waals surface area contributed by atoms with Crippen LogP contribution in [0.4, 0.5) is 5.82 Å². The molecule has 1 aromatic heterocycles. The number of carbonyl (C=O) groups excluding carboxylic acids is 2.